The summed E-state index contributed by atoms with van der Waals surface area (Å²) >= 11 is 9.72. The number of aromatic nitrogens is 3. The molecule has 4 rings (SSSR count). The van der Waals surface area contributed by atoms with Gasteiger partial charge in [0.2, 0.25) is 0 Å². The van der Waals surface area contributed by atoms with Crippen LogP contribution >= 0.6 is 27.5 Å². The number of methoxy groups -OCH3 is 1. The van der Waals surface area contributed by atoms with Crippen molar-refractivity contribution in [3.05, 3.63) is 85.1 Å². The molecule has 0 atom stereocenters. The molecule has 0 aliphatic heterocycles. The van der Waals surface area contributed by atoms with Crippen LogP contribution in [0.5, 0.6) is 5.75 Å². The summed E-state index contributed by atoms with van der Waals surface area (Å²) < 4.78 is 9.88. The average molecular weight is 542 g/mol. The van der Waals surface area contributed by atoms with Crippen LogP contribution < -0.4 is 10.3 Å². The molecule has 176 valence electrons. The molecule has 8 heteroatoms. The van der Waals surface area contributed by atoms with Crippen LogP contribution in [-0.4, -0.2) is 27.6 Å². The largest absolute Gasteiger partial charge is 0.495 e. The van der Waals surface area contributed by atoms with Crippen molar-refractivity contribution >= 4 is 44.6 Å². The molecule has 4 aromatic rings. The minimum Gasteiger partial charge on any atom is -0.495 e. The van der Waals surface area contributed by atoms with Gasteiger partial charge < -0.3 is 9.30 Å². The molecule has 2 aromatic carbocycles. The summed E-state index contributed by atoms with van der Waals surface area (Å²) in [6.45, 7) is 6.13. The lowest BCUT2D eigenvalue weighted by molar-refractivity contribution is 0.412. The van der Waals surface area contributed by atoms with Crippen LogP contribution in [0, 0.1) is 13.8 Å². The zero-order chi connectivity index (χ0) is 24.4. The second-order valence-corrected chi connectivity index (χ2v) is 9.48. The number of rotatable bonds is 7. The van der Waals surface area contributed by atoms with Gasteiger partial charge in [0.25, 0.3) is 5.56 Å². The van der Waals surface area contributed by atoms with Crippen LogP contribution in [0.4, 0.5) is 0 Å². The molecule has 0 spiro atoms. The maximum Gasteiger partial charge on any atom is 0.282 e. The summed E-state index contributed by atoms with van der Waals surface area (Å²) in [4.78, 5) is 18.1. The van der Waals surface area contributed by atoms with Gasteiger partial charge >= 0.3 is 0 Å². The highest BCUT2D eigenvalue weighted by atomic mass is 79.9. The first-order valence-electron chi connectivity index (χ1n) is 11.1. The Hall–Kier alpha value is -2.90. The Bertz CT molecular complexity index is 1460. The molecule has 0 amide bonds. The highest BCUT2D eigenvalue weighted by molar-refractivity contribution is 9.10. The van der Waals surface area contributed by atoms with Gasteiger partial charge in [0.05, 0.1) is 29.9 Å². The first kappa shape index (κ1) is 24.2. The van der Waals surface area contributed by atoms with Crippen molar-refractivity contribution in [3.63, 3.8) is 0 Å². The molecule has 0 N–H and O–H groups in total. The van der Waals surface area contributed by atoms with Crippen LogP contribution in [-0.2, 0) is 6.42 Å². The van der Waals surface area contributed by atoms with Crippen molar-refractivity contribution in [2.24, 2.45) is 5.10 Å². The normalized spacial score (nSPS) is 11.6. The number of aryl methyl sites for hydroxylation is 2. The topological polar surface area (TPSA) is 61.4 Å². The van der Waals surface area contributed by atoms with Gasteiger partial charge in [-0.05, 0) is 62.7 Å². The van der Waals surface area contributed by atoms with Crippen molar-refractivity contribution in [1.29, 1.82) is 0 Å². The Morgan fingerprint density at radius 1 is 1.18 bits per heavy atom. The number of hydrogen-bond acceptors (Lipinski definition) is 4. The number of unbranched alkanes of at least 4 members (excludes halogenated alkanes) is 1. The lowest BCUT2D eigenvalue weighted by Gasteiger charge is -2.14. The van der Waals surface area contributed by atoms with E-state index >= 15 is 0 Å². The third kappa shape index (κ3) is 4.68. The van der Waals surface area contributed by atoms with E-state index in [9.17, 15) is 4.79 Å². The van der Waals surface area contributed by atoms with Gasteiger partial charge in [-0.2, -0.15) is 9.78 Å². The standard InChI is InChI=1S/C26H26BrClN4O2/c1-5-6-7-25-30-22-10-8-19(27)13-21(22)26(33)32(25)29-15-18-12-16(2)31(17(18)3)23-14-20(28)9-11-24(23)34-4/h8-15H,5-7H2,1-4H3. The van der Waals surface area contributed by atoms with Gasteiger partial charge in [0, 0.05) is 32.9 Å². The number of benzene rings is 2. The fourth-order valence-corrected chi connectivity index (χ4v) is 4.58. The molecule has 0 aliphatic rings. The number of nitrogens with zero attached hydrogens (tertiary/aromatic N) is 4. The predicted molar refractivity (Wildman–Crippen MR) is 142 cm³/mol. The Labute approximate surface area is 212 Å². The summed E-state index contributed by atoms with van der Waals surface area (Å²) in [7, 11) is 1.64. The Morgan fingerprint density at radius 3 is 2.71 bits per heavy atom. The van der Waals surface area contributed by atoms with E-state index in [4.69, 9.17) is 21.3 Å². The minimum absolute atomic E-state index is 0.182. The van der Waals surface area contributed by atoms with Gasteiger partial charge in [0.15, 0.2) is 0 Å². The van der Waals surface area contributed by atoms with E-state index in [1.807, 2.05) is 44.2 Å². The third-order valence-electron chi connectivity index (χ3n) is 5.79. The maximum absolute atomic E-state index is 13.3. The maximum atomic E-state index is 13.3. The summed E-state index contributed by atoms with van der Waals surface area (Å²) in [6.07, 6.45) is 4.32. The highest BCUT2D eigenvalue weighted by Gasteiger charge is 2.15. The van der Waals surface area contributed by atoms with Gasteiger partial charge in [-0.15, -0.1) is 0 Å². The molecule has 34 heavy (non-hydrogen) atoms. The van der Waals surface area contributed by atoms with Gasteiger partial charge in [-0.3, -0.25) is 4.79 Å². The number of fused-ring (bicyclic) bond motifs is 1. The molecular weight excluding hydrogens is 516 g/mol. The molecule has 0 unspecified atom stereocenters. The van der Waals surface area contributed by atoms with E-state index in [1.54, 1.807) is 25.5 Å². The Morgan fingerprint density at radius 2 is 1.97 bits per heavy atom. The van der Waals surface area contributed by atoms with Gasteiger partial charge in [0.1, 0.15) is 11.6 Å². The Balaban J connectivity index is 1.83. The lowest BCUT2D eigenvalue weighted by atomic mass is 10.2. The van der Waals surface area contributed by atoms with Crippen LogP contribution in [0.3, 0.4) is 0 Å². The molecule has 0 fully saturated rings. The van der Waals surface area contributed by atoms with Crippen LogP contribution in [0.2, 0.25) is 5.02 Å². The molecule has 0 bridgehead atoms. The minimum atomic E-state index is -0.182. The van der Waals surface area contributed by atoms with Gasteiger partial charge in [-0.25, -0.2) is 4.98 Å². The molecular formula is C26H26BrClN4O2. The number of ether oxygens (including phenoxy) is 1. The third-order valence-corrected chi connectivity index (χ3v) is 6.52. The summed E-state index contributed by atoms with van der Waals surface area (Å²) in [5, 5.41) is 5.76. The number of halogens is 2. The molecule has 0 radical (unpaired) electrons. The van der Waals surface area contributed by atoms with Crippen LogP contribution in [0.25, 0.3) is 16.6 Å². The molecule has 0 saturated heterocycles. The van der Waals surface area contributed by atoms with Crippen molar-refractivity contribution in [2.75, 3.05) is 7.11 Å². The van der Waals surface area contributed by atoms with E-state index in [-0.39, 0.29) is 5.56 Å². The Kier molecular flexibility index (Phi) is 7.24. The van der Waals surface area contributed by atoms with E-state index in [0.29, 0.717) is 28.2 Å². The quantitative estimate of drug-likeness (QED) is 0.253. The summed E-state index contributed by atoms with van der Waals surface area (Å²) in [6, 6.07) is 13.1. The number of hydrogen-bond donors (Lipinski definition) is 0. The van der Waals surface area contributed by atoms with E-state index in [1.165, 1.54) is 4.68 Å². The van der Waals surface area contributed by atoms with Crippen LogP contribution in [0.15, 0.2) is 56.8 Å². The van der Waals surface area contributed by atoms with Crippen molar-refractivity contribution in [3.8, 4) is 11.4 Å². The fraction of sp³-hybridized carbons (Fsp3) is 0.269. The van der Waals surface area contributed by atoms with E-state index < -0.39 is 0 Å². The van der Waals surface area contributed by atoms with Crippen LogP contribution in [0.1, 0.15) is 42.5 Å². The summed E-state index contributed by atoms with van der Waals surface area (Å²) in [5.74, 6) is 1.38. The van der Waals surface area contributed by atoms with E-state index in [2.05, 4.69) is 32.5 Å². The monoisotopic (exact) mass is 540 g/mol. The average Bonchev–Trinajstić information content (AvgIpc) is 3.10. The van der Waals surface area contributed by atoms with Crippen molar-refractivity contribution < 1.29 is 4.74 Å². The smallest absolute Gasteiger partial charge is 0.282 e. The highest BCUT2D eigenvalue weighted by Crippen LogP contribution is 2.30. The first-order chi connectivity index (χ1) is 16.3. The van der Waals surface area contributed by atoms with E-state index in [0.717, 1.165) is 45.7 Å². The van der Waals surface area contributed by atoms with Crippen molar-refractivity contribution in [1.82, 2.24) is 14.2 Å². The fourth-order valence-electron chi connectivity index (χ4n) is 4.06. The van der Waals surface area contributed by atoms with Gasteiger partial charge in [-0.1, -0.05) is 40.9 Å². The van der Waals surface area contributed by atoms with Crippen molar-refractivity contribution in [2.45, 2.75) is 40.0 Å². The molecule has 6 nitrogen and oxygen atoms in total. The second-order valence-electron chi connectivity index (χ2n) is 8.13. The molecule has 2 heterocycles. The lowest BCUT2D eigenvalue weighted by Crippen LogP contribution is -2.22. The predicted octanol–water partition coefficient (Wildman–Crippen LogP) is 6.45. The zero-order valence-electron chi connectivity index (χ0n) is 19.6. The molecule has 0 aliphatic carbocycles. The SMILES string of the molecule is CCCCc1nc2ccc(Br)cc2c(=O)n1N=Cc1cc(C)n(-c2cc(Cl)ccc2OC)c1C. The molecule has 2 aromatic heterocycles. The summed E-state index contributed by atoms with van der Waals surface area (Å²) in [5.41, 5.74) is 4.20. The molecule has 0 saturated carbocycles. The zero-order valence-corrected chi connectivity index (χ0v) is 21.9. The first-order valence-corrected chi connectivity index (χ1v) is 12.3. The second kappa shape index (κ2) is 10.2.